The van der Waals surface area contributed by atoms with E-state index in [-0.39, 0.29) is 17.8 Å². The Kier molecular flexibility index (Phi) is 3.19. The van der Waals surface area contributed by atoms with Crippen molar-refractivity contribution >= 4 is 27.8 Å². The Morgan fingerprint density at radius 1 is 1.44 bits per heavy atom. The van der Waals surface area contributed by atoms with E-state index in [1.165, 1.54) is 4.90 Å². The van der Waals surface area contributed by atoms with Crippen LogP contribution >= 0.6 is 15.9 Å². The summed E-state index contributed by atoms with van der Waals surface area (Å²) in [6.07, 6.45) is 0. The third-order valence-electron chi connectivity index (χ3n) is 3.37. The van der Waals surface area contributed by atoms with E-state index >= 15 is 0 Å². The summed E-state index contributed by atoms with van der Waals surface area (Å²) in [6.45, 7) is 3.96. The molecule has 4 nitrogen and oxygen atoms in total. The molecule has 0 bridgehead atoms. The molecule has 2 N–H and O–H groups in total. The molecule has 1 atom stereocenters. The van der Waals surface area contributed by atoms with Crippen LogP contribution < -0.4 is 5.73 Å². The number of halogens is 1. The van der Waals surface area contributed by atoms with E-state index in [2.05, 4.69) is 20.9 Å². The van der Waals surface area contributed by atoms with Gasteiger partial charge in [-0.15, -0.1) is 0 Å². The van der Waals surface area contributed by atoms with Crippen LogP contribution in [0.25, 0.3) is 0 Å². The van der Waals surface area contributed by atoms with E-state index in [0.29, 0.717) is 0 Å². The second-order valence-corrected chi connectivity index (χ2v) is 5.68. The van der Waals surface area contributed by atoms with Crippen LogP contribution in [0.1, 0.15) is 19.4 Å². The average molecular weight is 310 g/mol. The first-order valence-electron chi connectivity index (χ1n) is 5.79. The minimum absolute atomic E-state index is 0.0304. The van der Waals surface area contributed by atoms with E-state index in [9.17, 15) is 4.79 Å². The fourth-order valence-electron chi connectivity index (χ4n) is 2.29. The number of carbonyl (C=O) groups is 1. The Labute approximate surface area is 115 Å². The quantitative estimate of drug-likeness (QED) is 0.909. The summed E-state index contributed by atoms with van der Waals surface area (Å²) in [5, 5.41) is 0. The van der Waals surface area contributed by atoms with Gasteiger partial charge in [0.15, 0.2) is 11.5 Å². The van der Waals surface area contributed by atoms with E-state index in [0.717, 1.165) is 10.0 Å². The Hall–Kier alpha value is -1.36. The van der Waals surface area contributed by atoms with E-state index in [1.807, 2.05) is 38.1 Å². The second-order valence-electron chi connectivity index (χ2n) is 4.77. The number of hydrogen-bond donors (Lipinski definition) is 1. The lowest BCUT2D eigenvalue weighted by Crippen LogP contribution is -2.43. The predicted molar refractivity (Wildman–Crippen MR) is 75.1 cm³/mol. The molecule has 0 aromatic heterocycles. The van der Waals surface area contributed by atoms with Crippen molar-refractivity contribution in [2.75, 3.05) is 7.05 Å². The van der Waals surface area contributed by atoms with Crippen molar-refractivity contribution in [3.05, 3.63) is 34.3 Å². The monoisotopic (exact) mass is 309 g/mol. The zero-order valence-corrected chi connectivity index (χ0v) is 12.2. The van der Waals surface area contributed by atoms with Gasteiger partial charge in [-0.3, -0.25) is 9.69 Å². The first-order chi connectivity index (χ1) is 8.39. The summed E-state index contributed by atoms with van der Waals surface area (Å²) >= 11 is 3.43. The van der Waals surface area contributed by atoms with Crippen LogP contribution in [0.5, 0.6) is 0 Å². The molecule has 0 radical (unpaired) electrons. The summed E-state index contributed by atoms with van der Waals surface area (Å²) in [6, 6.07) is 7.67. The summed E-state index contributed by atoms with van der Waals surface area (Å²) in [7, 11) is 1.66. The molecule has 1 aromatic rings. The number of nitrogens with two attached hydrogens (primary N) is 1. The molecule has 0 saturated carbocycles. The van der Waals surface area contributed by atoms with Gasteiger partial charge in [0, 0.05) is 11.5 Å². The zero-order valence-electron chi connectivity index (χ0n) is 10.6. The number of rotatable bonds is 2. The Balaban J connectivity index is 2.64. The topological polar surface area (TPSA) is 58.7 Å². The van der Waals surface area contributed by atoms with Crippen LogP contribution in [0, 0.1) is 5.92 Å². The Morgan fingerprint density at radius 2 is 2.11 bits per heavy atom. The van der Waals surface area contributed by atoms with E-state index in [1.54, 1.807) is 7.05 Å². The molecular weight excluding hydrogens is 294 g/mol. The Bertz CT molecular complexity index is 527. The molecule has 18 heavy (non-hydrogen) atoms. The number of aliphatic imine (C=N–C) groups is 1. The predicted octanol–water partition coefficient (Wildman–Crippen LogP) is 2.09. The molecule has 0 spiro atoms. The van der Waals surface area contributed by atoms with Gasteiger partial charge in [0.1, 0.15) is 0 Å². The van der Waals surface area contributed by atoms with Gasteiger partial charge in [0.25, 0.3) is 5.91 Å². The highest BCUT2D eigenvalue weighted by Gasteiger charge is 2.50. The molecule has 1 unspecified atom stereocenters. The lowest BCUT2D eigenvalue weighted by atomic mass is 9.80. The van der Waals surface area contributed by atoms with Gasteiger partial charge in [-0.25, -0.2) is 4.99 Å². The summed E-state index contributed by atoms with van der Waals surface area (Å²) in [5.74, 6) is 0.226. The van der Waals surface area contributed by atoms with Gasteiger partial charge in [-0.05, 0) is 23.6 Å². The molecule has 2 rings (SSSR count). The van der Waals surface area contributed by atoms with Gasteiger partial charge < -0.3 is 5.73 Å². The summed E-state index contributed by atoms with van der Waals surface area (Å²) in [5.41, 5.74) is 5.77. The molecule has 1 aromatic carbocycles. The molecule has 96 valence electrons. The van der Waals surface area contributed by atoms with Crippen LogP contribution in [0.4, 0.5) is 0 Å². The standard InChI is InChI=1S/C13H16BrN3O/c1-8(2)13(9-5-4-6-10(14)7-9)11(18)17(3)12(15)16-13/h4-8H,1-3H3,(H2,15,16). The highest BCUT2D eigenvalue weighted by molar-refractivity contribution is 9.10. The maximum absolute atomic E-state index is 12.5. The van der Waals surface area contributed by atoms with E-state index < -0.39 is 5.54 Å². The van der Waals surface area contributed by atoms with Gasteiger partial charge in [-0.1, -0.05) is 41.9 Å². The molecule has 0 fully saturated rings. The number of likely N-dealkylation sites (N-methyl/N-ethyl adjacent to an activating group) is 1. The fourth-order valence-corrected chi connectivity index (χ4v) is 2.69. The van der Waals surface area contributed by atoms with Crippen LogP contribution in [-0.2, 0) is 10.3 Å². The lowest BCUT2D eigenvalue weighted by molar-refractivity contribution is -0.132. The van der Waals surface area contributed by atoms with Crippen molar-refractivity contribution in [1.29, 1.82) is 0 Å². The normalized spacial score (nSPS) is 23.7. The second kappa shape index (κ2) is 4.39. The first kappa shape index (κ1) is 13.1. The van der Waals surface area contributed by atoms with Gasteiger partial charge in [0.05, 0.1) is 0 Å². The number of carbonyl (C=O) groups excluding carboxylic acids is 1. The zero-order chi connectivity index (χ0) is 13.5. The highest BCUT2D eigenvalue weighted by Crippen LogP contribution is 2.39. The van der Waals surface area contributed by atoms with Crippen LogP contribution in [-0.4, -0.2) is 23.8 Å². The molecule has 0 aliphatic carbocycles. The van der Waals surface area contributed by atoms with Crippen molar-refractivity contribution in [2.45, 2.75) is 19.4 Å². The smallest absolute Gasteiger partial charge is 0.261 e. The molecular formula is C13H16BrN3O. The average Bonchev–Trinajstić information content (AvgIpc) is 2.55. The Morgan fingerprint density at radius 3 is 2.56 bits per heavy atom. The SMILES string of the molecule is CC(C)C1(c2cccc(Br)c2)N=C(N)N(C)C1=O. The largest absolute Gasteiger partial charge is 0.369 e. The maximum Gasteiger partial charge on any atom is 0.261 e. The molecule has 1 amide bonds. The van der Waals surface area contributed by atoms with Crippen molar-refractivity contribution in [1.82, 2.24) is 4.90 Å². The third-order valence-corrected chi connectivity index (χ3v) is 3.86. The summed E-state index contributed by atoms with van der Waals surface area (Å²) in [4.78, 5) is 18.4. The molecule has 1 aliphatic heterocycles. The molecule has 0 saturated heterocycles. The molecule has 5 heteroatoms. The van der Waals surface area contributed by atoms with Crippen molar-refractivity contribution < 1.29 is 4.79 Å². The highest BCUT2D eigenvalue weighted by atomic mass is 79.9. The van der Waals surface area contributed by atoms with Crippen LogP contribution in [0.3, 0.4) is 0 Å². The van der Waals surface area contributed by atoms with Crippen LogP contribution in [0.2, 0.25) is 0 Å². The van der Waals surface area contributed by atoms with Gasteiger partial charge in [-0.2, -0.15) is 0 Å². The van der Waals surface area contributed by atoms with E-state index in [4.69, 9.17) is 5.73 Å². The number of benzene rings is 1. The summed E-state index contributed by atoms with van der Waals surface area (Å²) < 4.78 is 0.927. The number of guanidine groups is 1. The number of hydrogen-bond acceptors (Lipinski definition) is 3. The number of amides is 1. The number of nitrogens with zero attached hydrogens (tertiary/aromatic N) is 2. The fraction of sp³-hybridized carbons (Fsp3) is 0.385. The lowest BCUT2D eigenvalue weighted by Gasteiger charge is -2.29. The first-order valence-corrected chi connectivity index (χ1v) is 6.58. The maximum atomic E-state index is 12.5. The molecule has 1 heterocycles. The third kappa shape index (κ3) is 1.73. The van der Waals surface area contributed by atoms with Crippen molar-refractivity contribution in [3.63, 3.8) is 0 Å². The minimum Gasteiger partial charge on any atom is -0.369 e. The molecule has 1 aliphatic rings. The minimum atomic E-state index is -0.900. The van der Waals surface area contributed by atoms with Gasteiger partial charge in [0.2, 0.25) is 0 Å². The van der Waals surface area contributed by atoms with Crippen LogP contribution in [0.15, 0.2) is 33.7 Å². The van der Waals surface area contributed by atoms with Crippen molar-refractivity contribution in [2.24, 2.45) is 16.6 Å². The van der Waals surface area contributed by atoms with Crippen molar-refractivity contribution in [3.8, 4) is 0 Å². The van der Waals surface area contributed by atoms with Gasteiger partial charge >= 0.3 is 0 Å².